The first kappa shape index (κ1) is 18.7. The summed E-state index contributed by atoms with van der Waals surface area (Å²) < 4.78 is 10.4. The topological polar surface area (TPSA) is 166 Å². The number of nitrogens with one attached hydrogen (secondary N) is 1. The SMILES string of the molecule is CCOc1cc(C=NNC(N)=O)cc([N+](=O)[O-])c1OC(C)C(=O)O. The fourth-order valence-corrected chi connectivity index (χ4v) is 1.60. The number of carbonyl (C=O) groups is 2. The first-order valence-electron chi connectivity index (χ1n) is 6.69. The third kappa shape index (κ3) is 5.12. The Hall–Kier alpha value is -3.37. The molecule has 0 aromatic heterocycles. The molecular formula is C13H16N4O7. The van der Waals surface area contributed by atoms with Gasteiger partial charge in [0.05, 0.1) is 17.7 Å². The minimum absolute atomic E-state index is 0.0275. The van der Waals surface area contributed by atoms with Crippen LogP contribution in [-0.2, 0) is 4.79 Å². The third-order valence-corrected chi connectivity index (χ3v) is 2.58. The number of nitrogens with two attached hydrogens (primary N) is 1. The van der Waals surface area contributed by atoms with Crippen LogP contribution in [0.5, 0.6) is 11.5 Å². The van der Waals surface area contributed by atoms with Crippen LogP contribution in [0.2, 0.25) is 0 Å². The van der Waals surface area contributed by atoms with Crippen molar-refractivity contribution < 1.29 is 29.1 Å². The van der Waals surface area contributed by atoms with E-state index in [0.717, 1.165) is 12.3 Å². The van der Waals surface area contributed by atoms with Gasteiger partial charge in [-0.3, -0.25) is 10.1 Å². The number of primary amides is 1. The van der Waals surface area contributed by atoms with Gasteiger partial charge in [0.15, 0.2) is 11.9 Å². The Labute approximate surface area is 136 Å². The molecule has 0 radical (unpaired) electrons. The van der Waals surface area contributed by atoms with Crippen LogP contribution in [0.15, 0.2) is 17.2 Å². The minimum atomic E-state index is -1.32. The molecule has 0 aliphatic carbocycles. The molecule has 1 aromatic carbocycles. The number of rotatable bonds is 8. The molecular weight excluding hydrogens is 324 g/mol. The second-order valence-corrected chi connectivity index (χ2v) is 4.39. The predicted molar refractivity (Wildman–Crippen MR) is 82.3 cm³/mol. The summed E-state index contributed by atoms with van der Waals surface area (Å²) in [5.41, 5.74) is 6.50. The van der Waals surface area contributed by atoms with E-state index in [1.807, 2.05) is 5.43 Å². The molecule has 11 heteroatoms. The number of hydrazone groups is 1. The van der Waals surface area contributed by atoms with Gasteiger partial charge in [-0.1, -0.05) is 0 Å². The molecule has 0 heterocycles. The van der Waals surface area contributed by atoms with E-state index in [1.165, 1.54) is 13.0 Å². The number of nitrogens with zero attached hydrogens (tertiary/aromatic N) is 2. The quantitative estimate of drug-likeness (QED) is 0.358. The van der Waals surface area contributed by atoms with Crippen molar-refractivity contribution in [2.45, 2.75) is 20.0 Å². The maximum Gasteiger partial charge on any atom is 0.344 e. The summed E-state index contributed by atoms with van der Waals surface area (Å²) in [7, 11) is 0. The van der Waals surface area contributed by atoms with Gasteiger partial charge in [0.25, 0.3) is 0 Å². The fourth-order valence-electron chi connectivity index (χ4n) is 1.60. The number of carbonyl (C=O) groups excluding carboxylic acids is 1. The normalized spacial score (nSPS) is 11.8. The van der Waals surface area contributed by atoms with Crippen molar-refractivity contribution in [3.05, 3.63) is 27.8 Å². The van der Waals surface area contributed by atoms with Gasteiger partial charge in [-0.25, -0.2) is 15.0 Å². The van der Waals surface area contributed by atoms with Gasteiger partial charge in [-0.2, -0.15) is 5.10 Å². The Bertz CT molecular complexity index is 675. The highest BCUT2D eigenvalue weighted by molar-refractivity contribution is 5.84. The van der Waals surface area contributed by atoms with E-state index in [4.69, 9.17) is 20.3 Å². The molecule has 0 saturated heterocycles. The van der Waals surface area contributed by atoms with Crippen molar-refractivity contribution in [3.63, 3.8) is 0 Å². The molecule has 0 fully saturated rings. The summed E-state index contributed by atoms with van der Waals surface area (Å²) in [6.45, 7) is 3.04. The molecule has 2 amide bonds. The molecule has 24 heavy (non-hydrogen) atoms. The molecule has 130 valence electrons. The summed E-state index contributed by atoms with van der Waals surface area (Å²) in [6, 6.07) is 1.55. The number of hydrogen-bond acceptors (Lipinski definition) is 7. The number of carboxylic acid groups (broad SMARTS) is 1. The summed E-state index contributed by atoms with van der Waals surface area (Å²) in [6.07, 6.45) is -0.205. The average Bonchev–Trinajstić information content (AvgIpc) is 2.48. The number of aliphatic carboxylic acids is 1. The van der Waals surface area contributed by atoms with E-state index >= 15 is 0 Å². The van der Waals surface area contributed by atoms with Crippen LogP contribution >= 0.6 is 0 Å². The second kappa shape index (κ2) is 8.31. The van der Waals surface area contributed by atoms with Crippen LogP contribution in [0, 0.1) is 10.1 Å². The molecule has 1 unspecified atom stereocenters. The number of urea groups is 1. The van der Waals surface area contributed by atoms with Crippen LogP contribution < -0.4 is 20.6 Å². The van der Waals surface area contributed by atoms with Gasteiger partial charge in [-0.05, 0) is 19.9 Å². The maximum atomic E-state index is 11.3. The van der Waals surface area contributed by atoms with E-state index in [1.54, 1.807) is 6.92 Å². The lowest BCUT2D eigenvalue weighted by atomic mass is 10.1. The summed E-state index contributed by atoms with van der Waals surface area (Å²) in [5, 5.41) is 23.7. The van der Waals surface area contributed by atoms with Gasteiger partial charge in [0.1, 0.15) is 0 Å². The minimum Gasteiger partial charge on any atom is -0.490 e. The summed E-state index contributed by atoms with van der Waals surface area (Å²) in [4.78, 5) is 32.0. The standard InChI is InChI=1S/C13H16N4O7/c1-3-23-10-5-8(6-15-16-13(14)20)4-9(17(21)22)11(10)24-7(2)12(18)19/h4-7H,3H2,1-2H3,(H,18,19)(H3,14,16,20). The first-order chi connectivity index (χ1) is 11.3. The van der Waals surface area contributed by atoms with Crippen molar-refractivity contribution in [2.75, 3.05) is 6.61 Å². The Balaban J connectivity index is 3.34. The Kier molecular flexibility index (Phi) is 6.47. The molecule has 0 aliphatic rings. The molecule has 0 bridgehead atoms. The highest BCUT2D eigenvalue weighted by Crippen LogP contribution is 2.39. The molecule has 0 aliphatic heterocycles. The van der Waals surface area contributed by atoms with Crippen LogP contribution in [0.4, 0.5) is 10.5 Å². The molecule has 1 rings (SSSR count). The zero-order chi connectivity index (χ0) is 18.3. The van der Waals surface area contributed by atoms with Crippen LogP contribution in [0.3, 0.4) is 0 Å². The predicted octanol–water partition coefficient (Wildman–Crippen LogP) is 0.848. The molecule has 11 nitrogen and oxygen atoms in total. The lowest BCUT2D eigenvalue weighted by Gasteiger charge is -2.15. The zero-order valence-electron chi connectivity index (χ0n) is 12.9. The number of ether oxygens (including phenoxy) is 2. The van der Waals surface area contributed by atoms with E-state index in [2.05, 4.69) is 5.10 Å². The van der Waals surface area contributed by atoms with Crippen LogP contribution in [0.1, 0.15) is 19.4 Å². The number of nitro groups is 1. The molecule has 0 spiro atoms. The molecule has 0 saturated carbocycles. The first-order valence-corrected chi connectivity index (χ1v) is 6.69. The lowest BCUT2D eigenvalue weighted by Crippen LogP contribution is -2.24. The van der Waals surface area contributed by atoms with Crippen molar-refractivity contribution in [2.24, 2.45) is 10.8 Å². The smallest absolute Gasteiger partial charge is 0.344 e. The van der Waals surface area contributed by atoms with E-state index < -0.39 is 28.7 Å². The van der Waals surface area contributed by atoms with Gasteiger partial charge >= 0.3 is 17.7 Å². The van der Waals surface area contributed by atoms with E-state index in [-0.39, 0.29) is 23.7 Å². The van der Waals surface area contributed by atoms with E-state index in [0.29, 0.717) is 0 Å². The summed E-state index contributed by atoms with van der Waals surface area (Å²) in [5.74, 6) is -1.62. The second-order valence-electron chi connectivity index (χ2n) is 4.39. The highest BCUT2D eigenvalue weighted by atomic mass is 16.6. The van der Waals surface area contributed by atoms with Crippen molar-refractivity contribution in [1.82, 2.24) is 5.43 Å². The van der Waals surface area contributed by atoms with Gasteiger partial charge in [-0.15, -0.1) is 0 Å². The molecule has 4 N–H and O–H groups in total. The highest BCUT2D eigenvalue weighted by Gasteiger charge is 2.26. The monoisotopic (exact) mass is 340 g/mol. The maximum absolute atomic E-state index is 11.3. The Morgan fingerprint density at radius 3 is 2.71 bits per heavy atom. The molecule has 1 aromatic rings. The molecule has 1 atom stereocenters. The Morgan fingerprint density at radius 1 is 1.54 bits per heavy atom. The Morgan fingerprint density at radius 2 is 2.21 bits per heavy atom. The largest absolute Gasteiger partial charge is 0.490 e. The van der Waals surface area contributed by atoms with Crippen molar-refractivity contribution >= 4 is 23.9 Å². The fraction of sp³-hybridized carbons (Fsp3) is 0.308. The number of carboxylic acids is 1. The third-order valence-electron chi connectivity index (χ3n) is 2.58. The van der Waals surface area contributed by atoms with Crippen molar-refractivity contribution in [3.8, 4) is 11.5 Å². The number of hydrogen-bond donors (Lipinski definition) is 3. The van der Waals surface area contributed by atoms with Gasteiger partial charge in [0.2, 0.25) is 5.75 Å². The van der Waals surface area contributed by atoms with Crippen LogP contribution in [0.25, 0.3) is 0 Å². The number of amides is 2. The van der Waals surface area contributed by atoms with Crippen molar-refractivity contribution in [1.29, 1.82) is 0 Å². The summed E-state index contributed by atoms with van der Waals surface area (Å²) >= 11 is 0. The number of benzene rings is 1. The zero-order valence-corrected chi connectivity index (χ0v) is 12.9. The van der Waals surface area contributed by atoms with Gasteiger partial charge in [0, 0.05) is 11.6 Å². The average molecular weight is 340 g/mol. The van der Waals surface area contributed by atoms with Gasteiger partial charge < -0.3 is 20.3 Å². The lowest BCUT2D eigenvalue weighted by molar-refractivity contribution is -0.386. The number of nitro benzene ring substituents is 1. The van der Waals surface area contributed by atoms with Crippen LogP contribution in [-0.4, -0.2) is 41.0 Å². The van der Waals surface area contributed by atoms with E-state index in [9.17, 15) is 19.7 Å².